The summed E-state index contributed by atoms with van der Waals surface area (Å²) < 4.78 is 43.3. The van der Waals surface area contributed by atoms with E-state index in [-0.39, 0.29) is 24.3 Å². The minimum atomic E-state index is -4.48. The Balaban J connectivity index is 2.41. The highest BCUT2D eigenvalue weighted by Gasteiger charge is 2.37. The van der Waals surface area contributed by atoms with Gasteiger partial charge >= 0.3 is 6.18 Å². The monoisotopic (exact) mass is 367 g/mol. The lowest BCUT2D eigenvalue weighted by atomic mass is 9.52. The average molecular weight is 368 g/mol. The molecule has 1 aliphatic heterocycles. The second kappa shape index (κ2) is 5.87. The highest BCUT2D eigenvalue weighted by atomic mass is 79.9. The van der Waals surface area contributed by atoms with Gasteiger partial charge in [0.2, 0.25) is 0 Å². The first-order chi connectivity index (χ1) is 9.96. The van der Waals surface area contributed by atoms with Gasteiger partial charge in [-0.25, -0.2) is 0 Å². The number of alkyl halides is 3. The van der Waals surface area contributed by atoms with Crippen molar-refractivity contribution in [2.45, 2.75) is 17.9 Å². The molecule has 0 atom stereocenters. The first-order valence-electron chi connectivity index (χ1n) is 6.20. The first-order valence-corrected chi connectivity index (χ1v) is 7.00. The Morgan fingerprint density at radius 1 is 1.27 bits per heavy atom. The SMILES string of the molecule is [B]C([B])([B])Oc1cc(Br)cc2c1C(=O)N(CC(F)(F)F)CC2. The van der Waals surface area contributed by atoms with Crippen LogP contribution in [0.2, 0.25) is 0 Å². The zero-order chi connectivity index (χ0) is 16.7. The van der Waals surface area contributed by atoms with E-state index in [4.69, 9.17) is 28.3 Å². The third-order valence-electron chi connectivity index (χ3n) is 2.96. The van der Waals surface area contributed by atoms with Gasteiger partial charge < -0.3 is 9.64 Å². The summed E-state index contributed by atoms with van der Waals surface area (Å²) in [5.41, 5.74) is 0.529. The van der Waals surface area contributed by atoms with Gasteiger partial charge in [0.15, 0.2) is 0 Å². The molecule has 0 saturated heterocycles. The highest BCUT2D eigenvalue weighted by molar-refractivity contribution is 9.10. The molecule has 1 amide bonds. The normalized spacial score (nSPS) is 15.6. The Morgan fingerprint density at radius 3 is 2.45 bits per heavy atom. The molecule has 6 radical (unpaired) electrons. The third kappa shape index (κ3) is 4.24. The maximum Gasteiger partial charge on any atom is 0.406 e. The molecular formula is C12H8B3BrF3NO2. The van der Waals surface area contributed by atoms with Crippen molar-refractivity contribution in [1.29, 1.82) is 0 Å². The van der Waals surface area contributed by atoms with E-state index in [1.807, 2.05) is 0 Å². The van der Waals surface area contributed by atoms with Crippen molar-refractivity contribution in [2.75, 3.05) is 13.1 Å². The van der Waals surface area contributed by atoms with E-state index in [9.17, 15) is 18.0 Å². The summed E-state index contributed by atoms with van der Waals surface area (Å²) >= 11 is 3.23. The fourth-order valence-electron chi connectivity index (χ4n) is 2.23. The minimum Gasteiger partial charge on any atom is -0.515 e. The van der Waals surface area contributed by atoms with E-state index in [0.717, 1.165) is 0 Å². The molecule has 2 rings (SSSR count). The van der Waals surface area contributed by atoms with Gasteiger partial charge in [-0.1, -0.05) is 15.9 Å². The predicted octanol–water partition coefficient (Wildman–Crippen LogP) is 1.51. The van der Waals surface area contributed by atoms with Gasteiger partial charge in [-0.2, -0.15) is 13.2 Å². The van der Waals surface area contributed by atoms with Crippen LogP contribution in [0.1, 0.15) is 15.9 Å². The van der Waals surface area contributed by atoms with E-state index in [0.29, 0.717) is 14.9 Å². The smallest absolute Gasteiger partial charge is 0.406 e. The van der Waals surface area contributed by atoms with Crippen molar-refractivity contribution in [3.8, 4) is 5.75 Å². The molecule has 10 heteroatoms. The second-order valence-corrected chi connectivity index (χ2v) is 5.90. The van der Waals surface area contributed by atoms with Crippen molar-refractivity contribution >= 4 is 45.4 Å². The molecule has 0 aliphatic carbocycles. The van der Waals surface area contributed by atoms with E-state index in [1.54, 1.807) is 6.07 Å². The number of amides is 1. The summed E-state index contributed by atoms with van der Waals surface area (Å²) in [7, 11) is 16.0. The zero-order valence-electron chi connectivity index (χ0n) is 11.3. The number of rotatable bonds is 3. The fraction of sp³-hybridized carbons (Fsp3) is 0.417. The lowest BCUT2D eigenvalue weighted by Crippen LogP contribution is -2.44. The summed E-state index contributed by atoms with van der Waals surface area (Å²) in [6, 6.07) is 3.02. The first kappa shape index (κ1) is 17.3. The molecule has 1 aromatic rings. The molecule has 1 aliphatic rings. The summed E-state index contributed by atoms with van der Waals surface area (Å²) in [5, 5.41) is -2.05. The molecule has 3 nitrogen and oxygen atoms in total. The van der Waals surface area contributed by atoms with Gasteiger partial charge in [-0.3, -0.25) is 4.79 Å². The van der Waals surface area contributed by atoms with Gasteiger partial charge in [0.1, 0.15) is 35.8 Å². The van der Waals surface area contributed by atoms with E-state index >= 15 is 0 Å². The van der Waals surface area contributed by atoms with Crippen molar-refractivity contribution in [2.24, 2.45) is 0 Å². The van der Waals surface area contributed by atoms with E-state index in [1.165, 1.54) is 6.07 Å². The third-order valence-corrected chi connectivity index (χ3v) is 3.42. The topological polar surface area (TPSA) is 29.5 Å². The molecular weight excluding hydrogens is 359 g/mol. The number of hydrogen-bond acceptors (Lipinski definition) is 2. The van der Waals surface area contributed by atoms with Crippen LogP contribution < -0.4 is 4.74 Å². The number of carbonyl (C=O) groups is 1. The molecule has 0 bridgehead atoms. The molecule has 0 aromatic heterocycles. The van der Waals surface area contributed by atoms with Crippen LogP contribution in [0.15, 0.2) is 16.6 Å². The Hall–Kier alpha value is -1.05. The lowest BCUT2D eigenvalue weighted by Gasteiger charge is -2.32. The average Bonchev–Trinajstić information content (AvgIpc) is 2.28. The number of halogens is 4. The van der Waals surface area contributed by atoms with Gasteiger partial charge in [-0.15, -0.1) is 0 Å². The second-order valence-electron chi connectivity index (χ2n) is 4.99. The van der Waals surface area contributed by atoms with Crippen molar-refractivity contribution in [3.05, 3.63) is 27.7 Å². The molecule has 0 fully saturated rings. The van der Waals surface area contributed by atoms with Gasteiger partial charge in [-0.05, 0) is 29.4 Å². The molecule has 0 spiro atoms. The van der Waals surface area contributed by atoms with Crippen molar-refractivity contribution in [1.82, 2.24) is 4.90 Å². The summed E-state index contributed by atoms with van der Waals surface area (Å²) in [4.78, 5) is 13.0. The quantitative estimate of drug-likeness (QED) is 0.758. The molecule has 0 N–H and O–H groups in total. The Morgan fingerprint density at radius 2 is 1.91 bits per heavy atom. The number of benzene rings is 1. The Kier molecular flexibility index (Phi) is 4.62. The number of ether oxygens (including phenoxy) is 1. The maximum atomic E-state index is 12.5. The number of carbonyl (C=O) groups excluding carboxylic acids is 1. The van der Waals surface area contributed by atoms with E-state index in [2.05, 4.69) is 15.9 Å². The highest BCUT2D eigenvalue weighted by Crippen LogP contribution is 2.34. The Labute approximate surface area is 137 Å². The molecule has 1 heterocycles. The molecule has 0 saturated carbocycles. The minimum absolute atomic E-state index is 0.00979. The summed E-state index contributed by atoms with van der Waals surface area (Å²) in [6.45, 7) is -1.37. The lowest BCUT2D eigenvalue weighted by molar-refractivity contribution is -0.141. The standard InChI is InChI=1S/C12H8B3BrF3NO2/c13-12(14,15)22-8-4-7(16)3-6-1-2-20(5-11(17,18)19)10(21)9(6)8/h3-4H,1-2,5H2. The summed E-state index contributed by atoms with van der Waals surface area (Å²) in [5.74, 6) is -0.862. The van der Waals surface area contributed by atoms with Crippen LogP contribution in [-0.2, 0) is 6.42 Å². The summed E-state index contributed by atoms with van der Waals surface area (Å²) in [6.07, 6.45) is -4.23. The Bertz CT molecular complexity index is 605. The van der Waals surface area contributed by atoms with Crippen LogP contribution in [0.4, 0.5) is 13.2 Å². The van der Waals surface area contributed by atoms with Crippen LogP contribution in [0.3, 0.4) is 0 Å². The van der Waals surface area contributed by atoms with E-state index < -0.39 is 23.9 Å². The van der Waals surface area contributed by atoms with Gasteiger partial charge in [0, 0.05) is 11.0 Å². The maximum absolute atomic E-state index is 12.5. The number of fused-ring (bicyclic) bond motifs is 1. The van der Waals surface area contributed by atoms with Crippen LogP contribution in [0, 0.1) is 0 Å². The molecule has 110 valence electrons. The van der Waals surface area contributed by atoms with Crippen molar-refractivity contribution in [3.63, 3.8) is 0 Å². The van der Waals surface area contributed by atoms with Gasteiger partial charge in [0.25, 0.3) is 5.91 Å². The predicted molar refractivity (Wildman–Crippen MR) is 80.4 cm³/mol. The van der Waals surface area contributed by atoms with Crippen LogP contribution >= 0.6 is 15.9 Å². The zero-order valence-corrected chi connectivity index (χ0v) is 12.9. The van der Waals surface area contributed by atoms with Crippen molar-refractivity contribution < 1.29 is 22.7 Å². The fourth-order valence-corrected chi connectivity index (χ4v) is 2.71. The van der Waals surface area contributed by atoms with Crippen LogP contribution in [-0.4, -0.2) is 58.9 Å². The van der Waals surface area contributed by atoms with Crippen LogP contribution in [0.25, 0.3) is 0 Å². The number of hydrogen-bond donors (Lipinski definition) is 0. The molecule has 22 heavy (non-hydrogen) atoms. The largest absolute Gasteiger partial charge is 0.515 e. The molecule has 1 aromatic carbocycles. The number of nitrogens with zero attached hydrogens (tertiary/aromatic N) is 1. The van der Waals surface area contributed by atoms with Gasteiger partial charge in [0.05, 0.1) is 5.56 Å². The molecule has 0 unspecified atom stereocenters. The van der Waals surface area contributed by atoms with Crippen LogP contribution in [0.5, 0.6) is 5.75 Å².